The summed E-state index contributed by atoms with van der Waals surface area (Å²) in [7, 11) is -2.71. The molecule has 0 aliphatic carbocycles. The lowest BCUT2D eigenvalue weighted by Gasteiger charge is -2.26. The predicted molar refractivity (Wildman–Crippen MR) is 65.4 cm³/mol. The summed E-state index contributed by atoms with van der Waals surface area (Å²) in [5.74, 6) is 0.712. The Morgan fingerprint density at radius 2 is 2.00 bits per heavy atom. The zero-order valence-corrected chi connectivity index (χ0v) is 10.6. The predicted octanol–water partition coefficient (Wildman–Crippen LogP) is 0.249. The fourth-order valence-corrected chi connectivity index (χ4v) is 3.82. The van der Waals surface area contributed by atoms with E-state index in [0.29, 0.717) is 17.5 Å². The van der Waals surface area contributed by atoms with Gasteiger partial charge < -0.3 is 10.2 Å². The average molecular weight is 246 g/mol. The van der Waals surface area contributed by atoms with E-state index >= 15 is 0 Å². The lowest BCUT2D eigenvalue weighted by Crippen LogP contribution is -2.40. The summed E-state index contributed by atoms with van der Waals surface area (Å²) in [5, 5.41) is 3.49. The molecule has 4 nitrogen and oxygen atoms in total. The molecule has 5 heteroatoms. The van der Waals surface area contributed by atoms with Gasteiger partial charge >= 0.3 is 0 Å². The first-order valence-electron chi connectivity index (χ1n) is 6.32. The smallest absolute Gasteiger partial charge is 0.152 e. The molecule has 2 aliphatic rings. The molecule has 2 saturated heterocycles. The van der Waals surface area contributed by atoms with Crippen LogP contribution in [0.1, 0.15) is 25.7 Å². The lowest BCUT2D eigenvalue weighted by atomic mass is 10.1. The van der Waals surface area contributed by atoms with Gasteiger partial charge in [0.15, 0.2) is 9.84 Å². The van der Waals surface area contributed by atoms with Crippen LogP contribution in [0, 0.1) is 0 Å². The molecule has 2 fully saturated rings. The van der Waals surface area contributed by atoms with Gasteiger partial charge in [-0.3, -0.25) is 0 Å². The molecule has 0 aromatic heterocycles. The van der Waals surface area contributed by atoms with E-state index in [0.717, 1.165) is 19.6 Å². The Morgan fingerprint density at radius 1 is 1.25 bits per heavy atom. The third-order valence-electron chi connectivity index (χ3n) is 3.63. The lowest BCUT2D eigenvalue weighted by molar-refractivity contribution is 0.284. The number of hydrogen-bond donors (Lipinski definition) is 1. The van der Waals surface area contributed by atoms with Crippen molar-refractivity contribution in [3.05, 3.63) is 0 Å². The van der Waals surface area contributed by atoms with Crippen molar-refractivity contribution < 1.29 is 8.42 Å². The molecule has 1 atom stereocenters. The summed E-state index contributed by atoms with van der Waals surface area (Å²) in [6.07, 6.45) is 5.06. The van der Waals surface area contributed by atoms with Crippen molar-refractivity contribution in [2.75, 3.05) is 37.7 Å². The number of rotatable bonds is 4. The minimum atomic E-state index is -2.71. The van der Waals surface area contributed by atoms with Crippen molar-refractivity contribution in [1.29, 1.82) is 0 Å². The Labute approximate surface area is 98.3 Å². The first-order valence-corrected chi connectivity index (χ1v) is 8.14. The van der Waals surface area contributed by atoms with Crippen molar-refractivity contribution in [3.63, 3.8) is 0 Å². The fraction of sp³-hybridized carbons (Fsp3) is 1.00. The summed E-state index contributed by atoms with van der Waals surface area (Å²) in [6, 6.07) is 0.716. The molecule has 2 rings (SSSR count). The van der Waals surface area contributed by atoms with Crippen molar-refractivity contribution in [3.8, 4) is 0 Å². The van der Waals surface area contributed by atoms with Crippen LogP contribution in [0.2, 0.25) is 0 Å². The maximum Gasteiger partial charge on any atom is 0.152 e. The van der Waals surface area contributed by atoms with E-state index < -0.39 is 9.84 Å². The van der Waals surface area contributed by atoms with Gasteiger partial charge in [-0.2, -0.15) is 0 Å². The van der Waals surface area contributed by atoms with E-state index in [1.807, 2.05) is 0 Å². The van der Waals surface area contributed by atoms with Crippen molar-refractivity contribution >= 4 is 9.84 Å². The zero-order valence-electron chi connectivity index (χ0n) is 9.82. The van der Waals surface area contributed by atoms with Gasteiger partial charge in [-0.25, -0.2) is 8.42 Å². The SMILES string of the molecule is O=S1(=O)CCN(CCCC2CCCN2)CC1. The van der Waals surface area contributed by atoms with Crippen LogP contribution in [0.25, 0.3) is 0 Å². The summed E-state index contributed by atoms with van der Waals surface area (Å²) in [6.45, 7) is 3.71. The second-order valence-corrected chi connectivity index (χ2v) is 7.23. The Balaban J connectivity index is 1.60. The first-order chi connectivity index (χ1) is 7.66. The van der Waals surface area contributed by atoms with Crippen LogP contribution >= 0.6 is 0 Å². The van der Waals surface area contributed by atoms with Crippen LogP contribution in [0.5, 0.6) is 0 Å². The van der Waals surface area contributed by atoms with E-state index in [-0.39, 0.29) is 0 Å². The highest BCUT2D eigenvalue weighted by Gasteiger charge is 2.21. The summed E-state index contributed by atoms with van der Waals surface area (Å²) < 4.78 is 22.5. The molecule has 0 aromatic rings. The van der Waals surface area contributed by atoms with Gasteiger partial charge in [0.05, 0.1) is 11.5 Å². The van der Waals surface area contributed by atoms with Crippen LogP contribution in [-0.4, -0.2) is 57.0 Å². The molecule has 0 spiro atoms. The Hall–Kier alpha value is -0.130. The molecule has 1 unspecified atom stereocenters. The molecule has 1 N–H and O–H groups in total. The van der Waals surface area contributed by atoms with Gasteiger partial charge in [0.2, 0.25) is 0 Å². The van der Waals surface area contributed by atoms with Gasteiger partial charge in [-0.05, 0) is 38.8 Å². The van der Waals surface area contributed by atoms with Crippen LogP contribution in [0.3, 0.4) is 0 Å². The molecule has 2 aliphatic heterocycles. The van der Waals surface area contributed by atoms with Gasteiger partial charge in [0, 0.05) is 19.1 Å². The molecule has 0 bridgehead atoms. The maximum atomic E-state index is 11.2. The minimum Gasteiger partial charge on any atom is -0.314 e. The summed E-state index contributed by atoms with van der Waals surface area (Å²) in [4.78, 5) is 2.29. The number of nitrogens with one attached hydrogen (secondary N) is 1. The molecule has 2 heterocycles. The third-order valence-corrected chi connectivity index (χ3v) is 5.24. The van der Waals surface area contributed by atoms with Crippen LogP contribution in [0.15, 0.2) is 0 Å². The molecule has 94 valence electrons. The van der Waals surface area contributed by atoms with E-state index in [1.54, 1.807) is 0 Å². The molecule has 16 heavy (non-hydrogen) atoms. The zero-order chi connectivity index (χ0) is 11.4. The number of sulfone groups is 1. The first kappa shape index (κ1) is 12.3. The van der Waals surface area contributed by atoms with Crippen LogP contribution < -0.4 is 5.32 Å². The molecular formula is C11H22N2O2S. The molecule has 0 saturated carbocycles. The topological polar surface area (TPSA) is 49.4 Å². The van der Waals surface area contributed by atoms with Crippen molar-refractivity contribution in [2.24, 2.45) is 0 Å². The Bertz CT molecular complexity index is 296. The Kier molecular flexibility index (Phi) is 4.21. The molecular weight excluding hydrogens is 224 g/mol. The second-order valence-electron chi connectivity index (χ2n) is 4.93. The van der Waals surface area contributed by atoms with Gasteiger partial charge in [-0.1, -0.05) is 0 Å². The summed E-state index contributed by atoms with van der Waals surface area (Å²) >= 11 is 0. The second kappa shape index (κ2) is 5.47. The van der Waals surface area contributed by atoms with Gasteiger partial charge in [0.1, 0.15) is 0 Å². The van der Waals surface area contributed by atoms with Gasteiger partial charge in [-0.15, -0.1) is 0 Å². The van der Waals surface area contributed by atoms with E-state index in [9.17, 15) is 8.42 Å². The van der Waals surface area contributed by atoms with Crippen LogP contribution in [0.4, 0.5) is 0 Å². The number of hydrogen-bond acceptors (Lipinski definition) is 4. The van der Waals surface area contributed by atoms with E-state index in [4.69, 9.17) is 0 Å². The van der Waals surface area contributed by atoms with E-state index in [1.165, 1.54) is 32.2 Å². The highest BCUT2D eigenvalue weighted by Crippen LogP contribution is 2.12. The number of nitrogens with zero attached hydrogens (tertiary/aromatic N) is 1. The van der Waals surface area contributed by atoms with Crippen molar-refractivity contribution in [1.82, 2.24) is 10.2 Å². The monoisotopic (exact) mass is 246 g/mol. The fourth-order valence-electron chi connectivity index (χ4n) is 2.54. The summed E-state index contributed by atoms with van der Waals surface area (Å²) in [5.41, 5.74) is 0. The van der Waals surface area contributed by atoms with Gasteiger partial charge in [0.25, 0.3) is 0 Å². The quantitative estimate of drug-likeness (QED) is 0.772. The highest BCUT2D eigenvalue weighted by atomic mass is 32.2. The molecule has 0 aromatic carbocycles. The molecule has 0 amide bonds. The largest absolute Gasteiger partial charge is 0.314 e. The van der Waals surface area contributed by atoms with Crippen LogP contribution in [-0.2, 0) is 9.84 Å². The normalized spacial score (nSPS) is 30.6. The Morgan fingerprint density at radius 3 is 2.62 bits per heavy atom. The average Bonchev–Trinajstić information content (AvgIpc) is 2.73. The maximum absolute atomic E-state index is 11.2. The molecule has 0 radical (unpaired) electrons. The van der Waals surface area contributed by atoms with Crippen molar-refractivity contribution in [2.45, 2.75) is 31.7 Å². The highest BCUT2D eigenvalue weighted by molar-refractivity contribution is 7.91. The minimum absolute atomic E-state index is 0.356. The third kappa shape index (κ3) is 3.71. The van der Waals surface area contributed by atoms with E-state index in [2.05, 4.69) is 10.2 Å². The standard InChI is InChI=1S/C11H22N2O2S/c14-16(15)9-7-13(8-10-16)6-2-4-11-3-1-5-12-11/h11-12H,1-10H2.